The fourth-order valence-corrected chi connectivity index (χ4v) is 0. The molecule has 0 bridgehead atoms. The van der Waals surface area contributed by atoms with Gasteiger partial charge < -0.3 is 0 Å². The molecule has 0 spiro atoms. The summed E-state index contributed by atoms with van der Waals surface area (Å²) in [5.74, 6) is 0. The molecule has 0 aromatic heterocycles. The van der Waals surface area contributed by atoms with Crippen molar-refractivity contribution < 1.29 is 23.0 Å². The summed E-state index contributed by atoms with van der Waals surface area (Å²) in [6, 6.07) is 0. The molecule has 0 fully saturated rings. The molecule has 9 heavy (non-hydrogen) atoms. The van der Waals surface area contributed by atoms with Crippen LogP contribution in [0.1, 0.15) is 0 Å². The van der Waals surface area contributed by atoms with Crippen LogP contribution in [-0.2, 0) is 18.6 Å². The monoisotopic (exact) mass is 197 g/mol. The van der Waals surface area contributed by atoms with Gasteiger partial charge >= 0.3 is 20.4 Å². The first-order valence-electron chi connectivity index (χ1n) is 1.18. The molecule has 47 valence electrons. The quantitative estimate of drug-likeness (QED) is 0.347. The van der Waals surface area contributed by atoms with E-state index in [2.05, 4.69) is 22.2 Å². The summed E-state index contributed by atoms with van der Waals surface area (Å²) < 4.78 is 15.5. The van der Waals surface area contributed by atoms with Crippen LogP contribution in [0.3, 0.4) is 0 Å². The average Bonchev–Trinajstić information content (AvgIpc) is 1.78. The zero-order valence-electron chi connectivity index (χ0n) is 4.84. The number of rotatable bonds is 0. The zero-order chi connectivity index (χ0) is 6.71. The van der Waals surface area contributed by atoms with Crippen molar-refractivity contribution in [3.8, 4) is 0 Å². The van der Waals surface area contributed by atoms with Gasteiger partial charge in [0.25, 0.3) is 0 Å². The number of hydrogen-bond donors (Lipinski definition) is 1. The third-order valence-electron chi connectivity index (χ3n) is 0. The molecule has 0 atom stereocenters. The maximum atomic E-state index is 9.83. The maximum Gasteiger partial charge on any atom is 0 e. The van der Waals surface area contributed by atoms with Gasteiger partial charge in [-0.3, -0.25) is 0 Å². The summed E-state index contributed by atoms with van der Waals surface area (Å²) in [5, 5.41) is 0. The van der Waals surface area contributed by atoms with E-state index >= 15 is 0 Å². The van der Waals surface area contributed by atoms with E-state index in [1.54, 1.807) is 21.1 Å². The third-order valence-corrected chi connectivity index (χ3v) is 0. The Morgan fingerprint density at radius 3 is 1.44 bits per heavy atom. The summed E-state index contributed by atoms with van der Waals surface area (Å²) in [6.07, 6.45) is 0. The predicted octanol–water partition coefficient (Wildman–Crippen LogP) is 1.53. The van der Waals surface area contributed by atoms with Crippen LogP contribution >= 0.6 is 9.03 Å². The minimum Gasteiger partial charge on any atom is 0 e. The van der Waals surface area contributed by atoms with Gasteiger partial charge in [0.15, 0.2) is 0 Å². The third kappa shape index (κ3) is 706. The molecular formula is C2H6AlBFN2PV. The van der Waals surface area contributed by atoms with E-state index in [0.29, 0.717) is 0 Å². The molecule has 0 rings (SSSR count). The molecule has 1 N–H and O–H groups in total. The van der Waals surface area contributed by atoms with Crippen molar-refractivity contribution in [2.24, 2.45) is 4.97 Å². The molecule has 0 unspecified atom stereocenters. The van der Waals surface area contributed by atoms with E-state index in [0.717, 1.165) is 0 Å². The van der Waals surface area contributed by atoms with Crippen molar-refractivity contribution in [3.63, 3.8) is 0 Å². The molecule has 2 nitrogen and oxygen atoms in total. The van der Waals surface area contributed by atoms with Crippen molar-refractivity contribution in [2.75, 3.05) is 0 Å². The number of halogens is 1. The topological polar surface area (TPSA) is 36.2 Å². The van der Waals surface area contributed by atoms with E-state index in [1.165, 1.54) is 0 Å². The second-order valence-corrected chi connectivity index (χ2v) is 0.254. The Balaban J connectivity index is -0.00000000825. The molecule has 0 aliphatic heterocycles. The van der Waals surface area contributed by atoms with E-state index < -0.39 is 0 Å². The van der Waals surface area contributed by atoms with Gasteiger partial charge in [-0.05, 0) is 0 Å². The fraction of sp³-hybridized carbons (Fsp3) is 0. The molecule has 0 saturated carbocycles. The van der Waals surface area contributed by atoms with E-state index in [-0.39, 0.29) is 27.0 Å². The van der Waals surface area contributed by atoms with Crippen molar-refractivity contribution in [2.45, 2.75) is 0 Å². The van der Waals surface area contributed by atoms with Crippen LogP contribution in [0.2, 0.25) is 0 Å². The Labute approximate surface area is 79.0 Å². The Hall–Kier alpha value is 0.752. The van der Waals surface area contributed by atoms with Crippen molar-refractivity contribution in [1.29, 1.82) is 4.35 Å². The van der Waals surface area contributed by atoms with Gasteiger partial charge in [0.2, 0.25) is 0 Å². The van der Waals surface area contributed by atoms with E-state index in [1.807, 2.05) is 0 Å². The smallest absolute Gasteiger partial charge is 0 e. The van der Waals surface area contributed by atoms with Gasteiger partial charge in [0.05, 0.1) is 0 Å². The van der Waals surface area contributed by atoms with E-state index in [4.69, 9.17) is 4.35 Å². The first-order valence-corrected chi connectivity index (χ1v) is 2.21. The summed E-state index contributed by atoms with van der Waals surface area (Å²) in [7, 11) is 2.14. The molecule has 0 saturated heterocycles. The molecule has 0 aromatic rings. The fourth-order valence-electron chi connectivity index (χ4n) is 0. The Morgan fingerprint density at radius 2 is 1.44 bits per heavy atom. The molecule has 0 heterocycles. The van der Waals surface area contributed by atoms with Crippen molar-refractivity contribution in [3.05, 3.63) is 13.2 Å². The van der Waals surface area contributed by atoms with Gasteiger partial charge in [-0.15, -0.1) is 13.2 Å². The van der Waals surface area contributed by atoms with Crippen LogP contribution in [0.15, 0.2) is 18.1 Å². The number of nitrogens with zero attached hydrogens (tertiary/aromatic N) is 1. The Morgan fingerprint density at radius 1 is 1.44 bits per heavy atom. The summed E-state index contributed by atoms with van der Waals surface area (Å²) in [4.78, 5) is 1.81. The largest absolute Gasteiger partial charge is 0 e. The summed E-state index contributed by atoms with van der Waals surface area (Å²) >= 11 is 1.67. The van der Waals surface area contributed by atoms with Gasteiger partial charge in [0.1, 0.15) is 0 Å². The predicted molar refractivity (Wildman–Crippen MR) is 37.3 cm³/mol. The molecule has 0 aliphatic rings. The summed E-state index contributed by atoms with van der Waals surface area (Å²) in [5.41, 5.74) is 0. The first kappa shape index (κ1) is 33.1. The van der Waals surface area contributed by atoms with Gasteiger partial charge in [-0.25, -0.2) is 0 Å². The molecular weight excluding hydrogens is 191 g/mol. The standard InChI is InChI=1S/C2H4.Al.B.FHNP.HN.V/c1-2;;;1-2-3;;/h1-2H2;;;3H;1H;. The molecule has 7 heteroatoms. The number of hydrogen-bond acceptors (Lipinski definition) is 2. The average molecular weight is 197 g/mol. The van der Waals surface area contributed by atoms with Crippen LogP contribution in [0, 0.1) is 4.35 Å². The van der Waals surface area contributed by atoms with Crippen molar-refractivity contribution in [1.82, 2.24) is 0 Å². The second kappa shape index (κ2) is 171. The minimum atomic E-state index is 0. The van der Waals surface area contributed by atoms with E-state index in [9.17, 15) is 4.48 Å². The molecule has 0 amide bonds. The normalized spacial score (nSPS) is 2.22. The van der Waals surface area contributed by atoms with Gasteiger partial charge in [0, 0.05) is 36.0 Å². The van der Waals surface area contributed by atoms with Crippen LogP contribution in [0.4, 0.5) is 4.48 Å². The van der Waals surface area contributed by atoms with Crippen LogP contribution in [0.25, 0.3) is 0 Å². The first-order chi connectivity index (χ1) is 3.41. The molecule has 0 aliphatic carbocycles. The number of nitrogens with one attached hydrogen (secondary N) is 1. The van der Waals surface area contributed by atoms with Crippen LogP contribution in [0.5, 0.6) is 0 Å². The summed E-state index contributed by atoms with van der Waals surface area (Å²) in [6.45, 7) is 6.00. The molecule has 0 aromatic carbocycles. The minimum absolute atomic E-state index is 0. The Kier molecular flexibility index (Phi) is 630. The maximum absolute atomic E-state index is 9.83. The van der Waals surface area contributed by atoms with Crippen molar-refractivity contribution >= 4 is 33.5 Å². The molecule has 5 radical (unpaired) electrons. The van der Waals surface area contributed by atoms with Crippen LogP contribution < -0.4 is 0 Å². The van der Waals surface area contributed by atoms with Gasteiger partial charge in [-0.2, -0.15) is 0 Å². The zero-order valence-corrected chi connectivity index (χ0v) is 8.39. The van der Waals surface area contributed by atoms with Crippen LogP contribution in [-0.4, -0.2) is 24.5 Å². The van der Waals surface area contributed by atoms with Gasteiger partial charge in [-0.1, -0.05) is 9.45 Å². The Bertz CT molecular complexity index is 43.7. The SMILES string of the molecule is C=C.FN=P.[B].[NH]=[Al].[V]. The second-order valence-electron chi connectivity index (χ2n) is 0.0845.